The van der Waals surface area contributed by atoms with E-state index in [9.17, 15) is 13.2 Å². The average Bonchev–Trinajstić information content (AvgIpc) is 2.44. The highest BCUT2D eigenvalue weighted by molar-refractivity contribution is 9.08. The highest BCUT2D eigenvalue weighted by atomic mass is 79.9. The van der Waals surface area contributed by atoms with Crippen LogP contribution in [-0.2, 0) is 20.8 Å². The van der Waals surface area contributed by atoms with Gasteiger partial charge in [-0.15, -0.1) is 0 Å². The summed E-state index contributed by atoms with van der Waals surface area (Å²) in [4.78, 5) is 4.41. The van der Waals surface area contributed by atoms with Crippen LogP contribution in [0.1, 0.15) is 11.1 Å². The summed E-state index contributed by atoms with van der Waals surface area (Å²) in [5.41, 5.74) is -1.91. The maximum Gasteiger partial charge on any atom is 0.522 e. The van der Waals surface area contributed by atoms with Crippen LogP contribution in [0.5, 0.6) is 0 Å². The smallest absolute Gasteiger partial charge is 0.279 e. The highest BCUT2D eigenvalue weighted by Gasteiger charge is 2.44. The molecule has 0 fully saturated rings. The highest BCUT2D eigenvalue weighted by Crippen LogP contribution is 2.24. The first kappa shape index (κ1) is 19.3. The molecule has 1 heterocycles. The van der Waals surface area contributed by atoms with E-state index in [1.54, 1.807) is 0 Å². The normalized spacial score (nSPS) is 11.9. The summed E-state index contributed by atoms with van der Waals surface area (Å²) in [7, 11) is -5.84. The van der Waals surface area contributed by atoms with Gasteiger partial charge >= 0.3 is 15.6 Å². The van der Waals surface area contributed by atoms with E-state index in [1.165, 1.54) is 16.5 Å². The molecular weight excluding hydrogens is 455 g/mol. The van der Waals surface area contributed by atoms with Crippen molar-refractivity contribution in [1.82, 2.24) is 4.98 Å². The SMILES string of the molecule is BrCc1ccc(CBr)c2ncccc12.O=S(=O)(O)C(F)(F)F. The zero-order valence-corrected chi connectivity index (χ0v) is 14.8. The van der Waals surface area contributed by atoms with Crippen LogP contribution >= 0.6 is 31.9 Å². The molecule has 0 aliphatic carbocycles. The molecule has 1 N–H and O–H groups in total. The molecule has 2 rings (SSSR count). The van der Waals surface area contributed by atoms with Gasteiger partial charge in [0.1, 0.15) is 0 Å². The van der Waals surface area contributed by atoms with Crippen LogP contribution in [0.15, 0.2) is 30.5 Å². The van der Waals surface area contributed by atoms with E-state index in [1.807, 2.05) is 12.3 Å². The van der Waals surface area contributed by atoms with Crippen molar-refractivity contribution in [1.29, 1.82) is 0 Å². The number of benzene rings is 1. The zero-order valence-electron chi connectivity index (χ0n) is 10.8. The molecule has 22 heavy (non-hydrogen) atoms. The van der Waals surface area contributed by atoms with Crippen LogP contribution in [0.4, 0.5) is 13.2 Å². The molecule has 2 aromatic rings. The summed E-state index contributed by atoms with van der Waals surface area (Å²) in [5.74, 6) is 0. The van der Waals surface area contributed by atoms with Crippen molar-refractivity contribution in [3.8, 4) is 0 Å². The van der Waals surface area contributed by atoms with Gasteiger partial charge < -0.3 is 0 Å². The second-order valence-electron chi connectivity index (χ2n) is 3.97. The first-order valence-electron chi connectivity index (χ1n) is 5.63. The fourth-order valence-corrected chi connectivity index (χ4v) is 2.46. The maximum atomic E-state index is 10.7. The Kier molecular flexibility index (Phi) is 6.78. The van der Waals surface area contributed by atoms with Crippen LogP contribution < -0.4 is 0 Å². The molecule has 0 radical (unpaired) electrons. The number of aromatic nitrogens is 1. The number of halogens is 5. The Balaban J connectivity index is 0.000000261. The lowest BCUT2D eigenvalue weighted by Gasteiger charge is -2.06. The van der Waals surface area contributed by atoms with Crippen molar-refractivity contribution in [3.05, 3.63) is 41.6 Å². The van der Waals surface area contributed by atoms with Gasteiger partial charge in [-0.2, -0.15) is 21.6 Å². The maximum absolute atomic E-state index is 10.7. The Morgan fingerprint density at radius 3 is 2.05 bits per heavy atom. The summed E-state index contributed by atoms with van der Waals surface area (Å²) in [6.07, 6.45) is 1.84. The summed E-state index contributed by atoms with van der Waals surface area (Å²) >= 11 is 6.96. The van der Waals surface area contributed by atoms with Gasteiger partial charge in [-0.3, -0.25) is 9.54 Å². The largest absolute Gasteiger partial charge is 0.522 e. The predicted molar refractivity (Wildman–Crippen MR) is 84.6 cm³/mol. The lowest BCUT2D eigenvalue weighted by atomic mass is 10.1. The fourth-order valence-electron chi connectivity index (χ4n) is 1.51. The number of hydrogen-bond donors (Lipinski definition) is 1. The molecule has 1 aromatic carbocycles. The van der Waals surface area contributed by atoms with Crippen molar-refractivity contribution >= 4 is 52.9 Å². The van der Waals surface area contributed by atoms with E-state index < -0.39 is 15.6 Å². The molecule has 1 aromatic heterocycles. The Morgan fingerprint density at radius 2 is 1.59 bits per heavy atom. The van der Waals surface area contributed by atoms with Crippen molar-refractivity contribution < 1.29 is 26.1 Å². The van der Waals surface area contributed by atoms with E-state index in [-0.39, 0.29) is 0 Å². The first-order chi connectivity index (χ1) is 10.1. The lowest BCUT2D eigenvalue weighted by molar-refractivity contribution is -0.0510. The molecule has 4 nitrogen and oxygen atoms in total. The number of fused-ring (bicyclic) bond motifs is 1. The van der Waals surface area contributed by atoms with Crippen LogP contribution in [-0.4, -0.2) is 23.5 Å². The molecule has 10 heteroatoms. The number of alkyl halides is 5. The molecule has 122 valence electrons. The van der Waals surface area contributed by atoms with Gasteiger partial charge in [-0.1, -0.05) is 50.1 Å². The summed E-state index contributed by atoms with van der Waals surface area (Å²) in [6.45, 7) is 0. The summed E-state index contributed by atoms with van der Waals surface area (Å²) in [5, 5.41) is 2.96. The third-order valence-corrected chi connectivity index (χ3v) is 4.32. The third-order valence-electron chi connectivity index (χ3n) is 2.52. The van der Waals surface area contributed by atoms with Gasteiger partial charge in [0.15, 0.2) is 0 Å². The van der Waals surface area contributed by atoms with Gasteiger partial charge in [0.05, 0.1) is 5.52 Å². The third kappa shape index (κ3) is 4.90. The Bertz CT molecular complexity index is 708. The molecule has 0 unspecified atom stereocenters. The molecule has 0 saturated carbocycles. The van der Waals surface area contributed by atoms with Gasteiger partial charge in [0.2, 0.25) is 0 Å². The van der Waals surface area contributed by atoms with Crippen molar-refractivity contribution in [2.45, 2.75) is 16.2 Å². The molecule has 0 spiro atoms. The van der Waals surface area contributed by atoms with E-state index >= 15 is 0 Å². The molecule has 0 aliphatic rings. The number of nitrogens with zero attached hydrogens (tertiary/aromatic N) is 1. The Labute approximate surface area is 141 Å². The minimum Gasteiger partial charge on any atom is -0.279 e. The molecule has 0 aliphatic heterocycles. The van der Waals surface area contributed by atoms with Gasteiger partial charge in [0, 0.05) is 22.2 Å². The lowest BCUT2D eigenvalue weighted by Crippen LogP contribution is -2.21. The minimum absolute atomic E-state index is 0.850. The fraction of sp³-hybridized carbons (Fsp3) is 0.250. The number of pyridine rings is 1. The molecule has 0 bridgehead atoms. The monoisotopic (exact) mass is 463 g/mol. The Morgan fingerprint density at radius 1 is 1.09 bits per heavy atom. The average molecular weight is 465 g/mol. The van der Waals surface area contributed by atoms with Gasteiger partial charge in [-0.05, 0) is 17.2 Å². The van der Waals surface area contributed by atoms with E-state index in [0.29, 0.717) is 0 Å². The number of hydrogen-bond acceptors (Lipinski definition) is 3. The van der Waals surface area contributed by atoms with Crippen LogP contribution in [0.2, 0.25) is 0 Å². The molecular formula is C12H10Br2F3NO3S. The standard InChI is InChI=1S/C11H9Br2N.CHF3O3S/c12-6-8-3-4-9(7-13)11-10(8)2-1-5-14-11;2-1(3,4)8(5,6)7/h1-5H,6-7H2;(H,5,6,7). The topological polar surface area (TPSA) is 67.3 Å². The van der Waals surface area contributed by atoms with Crippen LogP contribution in [0.3, 0.4) is 0 Å². The summed E-state index contributed by atoms with van der Waals surface area (Å²) < 4.78 is 57.5. The minimum atomic E-state index is -5.84. The second-order valence-corrected chi connectivity index (χ2v) is 6.51. The van der Waals surface area contributed by atoms with E-state index in [4.69, 9.17) is 13.0 Å². The molecule has 0 saturated heterocycles. The second kappa shape index (κ2) is 7.71. The van der Waals surface area contributed by atoms with Gasteiger partial charge in [0.25, 0.3) is 0 Å². The van der Waals surface area contributed by atoms with E-state index in [0.717, 1.165) is 16.2 Å². The van der Waals surface area contributed by atoms with Crippen molar-refractivity contribution in [2.75, 3.05) is 0 Å². The first-order valence-corrected chi connectivity index (χ1v) is 9.31. The Hall–Kier alpha value is -0.710. The number of rotatable bonds is 2. The van der Waals surface area contributed by atoms with E-state index in [2.05, 4.69) is 55.0 Å². The van der Waals surface area contributed by atoms with Crippen LogP contribution in [0, 0.1) is 0 Å². The molecule has 0 amide bonds. The van der Waals surface area contributed by atoms with Crippen LogP contribution in [0.25, 0.3) is 10.9 Å². The summed E-state index contributed by atoms with van der Waals surface area (Å²) in [6, 6.07) is 8.37. The predicted octanol–water partition coefficient (Wildman–Crippen LogP) is 4.42. The van der Waals surface area contributed by atoms with Crippen molar-refractivity contribution in [3.63, 3.8) is 0 Å². The quantitative estimate of drug-likeness (QED) is 0.406. The zero-order chi connectivity index (χ0) is 17.0. The van der Waals surface area contributed by atoms with Gasteiger partial charge in [-0.25, -0.2) is 0 Å². The van der Waals surface area contributed by atoms with Crippen molar-refractivity contribution in [2.24, 2.45) is 0 Å². The molecule has 0 atom stereocenters.